The number of hydrogen-bond donors (Lipinski definition) is 2. The normalized spacial score (nSPS) is 28.5. The standard InChI is InChI=1S/C16H30N2O2.ClH/c1-3-13-4-6-14(7-5-13)12-18-15(19)16(20-2)8-10-17-11-9-16;/h13-14,17H,3-12H2,1-2H3,(H,18,19);1H. The highest BCUT2D eigenvalue weighted by Gasteiger charge is 2.39. The summed E-state index contributed by atoms with van der Waals surface area (Å²) in [6.45, 7) is 4.84. The molecule has 2 aliphatic rings. The summed E-state index contributed by atoms with van der Waals surface area (Å²) in [5.41, 5.74) is -0.591. The second kappa shape index (κ2) is 8.96. The van der Waals surface area contributed by atoms with Gasteiger partial charge < -0.3 is 15.4 Å². The molecule has 0 aromatic rings. The van der Waals surface area contributed by atoms with Crippen LogP contribution in [-0.4, -0.2) is 38.3 Å². The van der Waals surface area contributed by atoms with E-state index in [0.717, 1.165) is 38.4 Å². The molecule has 0 aromatic carbocycles. The van der Waals surface area contributed by atoms with Gasteiger partial charge in [0.2, 0.25) is 0 Å². The highest BCUT2D eigenvalue weighted by atomic mass is 35.5. The number of carbonyl (C=O) groups is 1. The van der Waals surface area contributed by atoms with Gasteiger partial charge in [0.25, 0.3) is 5.91 Å². The van der Waals surface area contributed by atoms with Crippen molar-refractivity contribution < 1.29 is 9.53 Å². The van der Waals surface area contributed by atoms with Crippen LogP contribution in [0.4, 0.5) is 0 Å². The van der Waals surface area contributed by atoms with Gasteiger partial charge in [0.15, 0.2) is 0 Å². The molecule has 5 heteroatoms. The first-order valence-corrected chi connectivity index (χ1v) is 8.24. The SMILES string of the molecule is CCC1CCC(CNC(=O)C2(OC)CCNCC2)CC1.Cl. The monoisotopic (exact) mass is 318 g/mol. The van der Waals surface area contributed by atoms with Gasteiger partial charge in [-0.05, 0) is 50.6 Å². The summed E-state index contributed by atoms with van der Waals surface area (Å²) in [6, 6.07) is 0. The van der Waals surface area contributed by atoms with Crippen molar-refractivity contribution in [2.45, 2.75) is 57.5 Å². The molecule has 1 amide bonds. The van der Waals surface area contributed by atoms with Crippen molar-refractivity contribution in [1.29, 1.82) is 0 Å². The van der Waals surface area contributed by atoms with Gasteiger partial charge in [0.05, 0.1) is 0 Å². The van der Waals surface area contributed by atoms with Crippen LogP contribution in [0.5, 0.6) is 0 Å². The lowest BCUT2D eigenvalue weighted by atomic mass is 9.80. The van der Waals surface area contributed by atoms with Crippen LogP contribution in [-0.2, 0) is 9.53 Å². The fourth-order valence-electron chi connectivity index (χ4n) is 3.60. The molecule has 1 saturated heterocycles. The Morgan fingerprint density at radius 2 is 1.76 bits per heavy atom. The van der Waals surface area contributed by atoms with Crippen LogP contribution in [0, 0.1) is 11.8 Å². The predicted molar refractivity (Wildman–Crippen MR) is 87.8 cm³/mol. The minimum Gasteiger partial charge on any atom is -0.368 e. The molecule has 2 fully saturated rings. The molecule has 1 aliphatic heterocycles. The van der Waals surface area contributed by atoms with E-state index in [2.05, 4.69) is 17.6 Å². The van der Waals surface area contributed by atoms with Gasteiger partial charge in [-0.3, -0.25) is 4.79 Å². The largest absolute Gasteiger partial charge is 0.368 e. The topological polar surface area (TPSA) is 50.4 Å². The zero-order valence-corrected chi connectivity index (χ0v) is 14.3. The van der Waals surface area contributed by atoms with E-state index in [1.165, 1.54) is 32.1 Å². The maximum Gasteiger partial charge on any atom is 0.252 e. The summed E-state index contributed by atoms with van der Waals surface area (Å²) in [7, 11) is 1.66. The molecule has 0 unspecified atom stereocenters. The molecule has 0 aromatic heterocycles. The molecular formula is C16H31ClN2O2. The van der Waals surface area contributed by atoms with Crippen LogP contribution in [0.25, 0.3) is 0 Å². The van der Waals surface area contributed by atoms with Crippen LogP contribution >= 0.6 is 12.4 Å². The van der Waals surface area contributed by atoms with E-state index in [-0.39, 0.29) is 18.3 Å². The summed E-state index contributed by atoms with van der Waals surface area (Å²) in [5.74, 6) is 1.67. The number of piperidine rings is 1. The van der Waals surface area contributed by atoms with Crippen molar-refractivity contribution in [1.82, 2.24) is 10.6 Å². The van der Waals surface area contributed by atoms with Crippen molar-refractivity contribution in [3.8, 4) is 0 Å². The minimum absolute atomic E-state index is 0. The molecule has 0 radical (unpaired) electrons. The van der Waals surface area contributed by atoms with E-state index in [1.807, 2.05) is 0 Å². The average molecular weight is 319 g/mol. The average Bonchev–Trinajstić information content (AvgIpc) is 2.53. The smallest absolute Gasteiger partial charge is 0.252 e. The Labute approximate surface area is 135 Å². The van der Waals surface area contributed by atoms with E-state index >= 15 is 0 Å². The lowest BCUT2D eigenvalue weighted by molar-refractivity contribution is -0.146. The second-order valence-corrected chi connectivity index (χ2v) is 6.45. The Morgan fingerprint density at radius 3 is 2.29 bits per heavy atom. The number of methoxy groups -OCH3 is 1. The number of hydrogen-bond acceptors (Lipinski definition) is 3. The predicted octanol–water partition coefficient (Wildman–Crippen LogP) is 2.51. The van der Waals surface area contributed by atoms with Crippen molar-refractivity contribution >= 4 is 18.3 Å². The Balaban J connectivity index is 0.00000220. The van der Waals surface area contributed by atoms with Crippen LogP contribution in [0.2, 0.25) is 0 Å². The summed E-state index contributed by atoms with van der Waals surface area (Å²) < 4.78 is 5.56. The molecule has 2 rings (SSSR count). The maximum absolute atomic E-state index is 12.5. The Kier molecular flexibility index (Phi) is 7.99. The molecule has 1 aliphatic carbocycles. The van der Waals surface area contributed by atoms with Gasteiger partial charge in [-0.15, -0.1) is 12.4 Å². The maximum atomic E-state index is 12.5. The third kappa shape index (κ3) is 4.83. The van der Waals surface area contributed by atoms with Gasteiger partial charge in [-0.25, -0.2) is 0 Å². The Hall–Kier alpha value is -0.320. The summed E-state index contributed by atoms with van der Waals surface area (Å²) in [5, 5.41) is 6.44. The van der Waals surface area contributed by atoms with Crippen molar-refractivity contribution in [3.63, 3.8) is 0 Å². The van der Waals surface area contributed by atoms with Gasteiger partial charge >= 0.3 is 0 Å². The number of nitrogens with one attached hydrogen (secondary N) is 2. The molecule has 0 spiro atoms. The molecule has 21 heavy (non-hydrogen) atoms. The lowest BCUT2D eigenvalue weighted by Crippen LogP contribution is -2.54. The zero-order chi connectivity index (χ0) is 14.4. The van der Waals surface area contributed by atoms with Crippen LogP contribution in [0.3, 0.4) is 0 Å². The van der Waals surface area contributed by atoms with Crippen molar-refractivity contribution in [2.75, 3.05) is 26.7 Å². The fourth-order valence-corrected chi connectivity index (χ4v) is 3.60. The summed E-state index contributed by atoms with van der Waals surface area (Å²) in [6.07, 6.45) is 8.04. The molecular weight excluding hydrogens is 288 g/mol. The number of halogens is 1. The van der Waals surface area contributed by atoms with Gasteiger partial charge in [-0.2, -0.15) is 0 Å². The van der Waals surface area contributed by atoms with Gasteiger partial charge in [0.1, 0.15) is 5.60 Å². The van der Waals surface area contributed by atoms with Crippen molar-refractivity contribution in [3.05, 3.63) is 0 Å². The molecule has 0 atom stereocenters. The van der Waals surface area contributed by atoms with E-state index in [1.54, 1.807) is 7.11 Å². The number of carbonyl (C=O) groups excluding carboxylic acids is 1. The van der Waals surface area contributed by atoms with Gasteiger partial charge in [0, 0.05) is 13.7 Å². The summed E-state index contributed by atoms with van der Waals surface area (Å²) >= 11 is 0. The van der Waals surface area contributed by atoms with Crippen LogP contribution in [0.1, 0.15) is 51.9 Å². The van der Waals surface area contributed by atoms with E-state index in [0.29, 0.717) is 5.92 Å². The summed E-state index contributed by atoms with van der Waals surface area (Å²) in [4.78, 5) is 12.5. The molecule has 1 saturated carbocycles. The third-order valence-electron chi connectivity index (χ3n) is 5.31. The second-order valence-electron chi connectivity index (χ2n) is 6.45. The fraction of sp³-hybridized carbons (Fsp3) is 0.938. The molecule has 2 N–H and O–H groups in total. The molecule has 4 nitrogen and oxygen atoms in total. The Morgan fingerprint density at radius 1 is 1.19 bits per heavy atom. The van der Waals surface area contributed by atoms with E-state index < -0.39 is 5.60 Å². The first-order chi connectivity index (χ1) is 9.70. The molecule has 0 bridgehead atoms. The van der Waals surface area contributed by atoms with Crippen LogP contribution in [0.15, 0.2) is 0 Å². The first kappa shape index (κ1) is 18.7. The lowest BCUT2D eigenvalue weighted by Gasteiger charge is -2.35. The highest BCUT2D eigenvalue weighted by molar-refractivity contribution is 5.85. The zero-order valence-electron chi connectivity index (χ0n) is 13.5. The first-order valence-electron chi connectivity index (χ1n) is 8.24. The van der Waals surface area contributed by atoms with Crippen LogP contribution < -0.4 is 10.6 Å². The number of rotatable bonds is 5. The van der Waals surface area contributed by atoms with E-state index in [4.69, 9.17) is 4.74 Å². The quantitative estimate of drug-likeness (QED) is 0.819. The number of amides is 1. The highest BCUT2D eigenvalue weighted by Crippen LogP contribution is 2.30. The number of ether oxygens (including phenoxy) is 1. The molecule has 1 heterocycles. The Bertz CT molecular complexity index is 311. The minimum atomic E-state index is -0.591. The molecule has 124 valence electrons. The van der Waals surface area contributed by atoms with Crippen molar-refractivity contribution in [2.24, 2.45) is 11.8 Å². The van der Waals surface area contributed by atoms with E-state index in [9.17, 15) is 4.79 Å². The third-order valence-corrected chi connectivity index (χ3v) is 5.31. The van der Waals surface area contributed by atoms with Gasteiger partial charge in [-0.1, -0.05) is 26.2 Å².